The lowest BCUT2D eigenvalue weighted by molar-refractivity contribution is -0.144. The molecule has 2 unspecified atom stereocenters. The molecular weight excluding hydrogens is 236 g/mol. The van der Waals surface area contributed by atoms with Gasteiger partial charge in [-0.05, 0) is 30.2 Å². The number of methoxy groups -OCH3 is 2. The molecule has 1 aromatic carbocycles. The molecule has 0 radical (unpaired) electrons. The van der Waals surface area contributed by atoms with Crippen molar-refractivity contribution in [2.45, 2.75) is 25.6 Å². The normalized spacial score (nSPS) is 13.8. The van der Waals surface area contributed by atoms with Gasteiger partial charge < -0.3 is 19.7 Å². The van der Waals surface area contributed by atoms with Crippen LogP contribution < -0.4 is 4.74 Å². The second-order valence-electron chi connectivity index (χ2n) is 4.08. The average Bonchev–Trinajstić information content (AvgIpc) is 2.36. The maximum absolute atomic E-state index is 11.0. The number of rotatable bonds is 5. The zero-order valence-corrected chi connectivity index (χ0v) is 10.7. The molecule has 0 fully saturated rings. The highest BCUT2D eigenvalue weighted by atomic mass is 16.5. The van der Waals surface area contributed by atoms with Crippen LogP contribution in [-0.4, -0.2) is 36.5 Å². The van der Waals surface area contributed by atoms with Crippen LogP contribution >= 0.6 is 0 Å². The number of hydrogen-bond donors (Lipinski definition) is 2. The van der Waals surface area contributed by atoms with Crippen molar-refractivity contribution < 1.29 is 24.5 Å². The molecule has 0 amide bonds. The van der Waals surface area contributed by atoms with Crippen molar-refractivity contribution in [1.29, 1.82) is 0 Å². The number of aryl methyl sites for hydroxylation is 1. The van der Waals surface area contributed by atoms with Gasteiger partial charge in [-0.25, -0.2) is 0 Å². The van der Waals surface area contributed by atoms with Crippen molar-refractivity contribution in [3.05, 3.63) is 29.3 Å². The summed E-state index contributed by atoms with van der Waals surface area (Å²) in [5.74, 6) is 0.0236. The third kappa shape index (κ3) is 3.72. The lowest BCUT2D eigenvalue weighted by Gasteiger charge is -2.18. The number of carbonyl (C=O) groups excluding carboxylic acids is 1. The summed E-state index contributed by atoms with van der Waals surface area (Å²) in [6.45, 7) is 1.85. The Morgan fingerprint density at radius 1 is 1.28 bits per heavy atom. The molecule has 5 heteroatoms. The second-order valence-corrected chi connectivity index (χ2v) is 4.08. The van der Waals surface area contributed by atoms with Gasteiger partial charge in [0.15, 0.2) is 0 Å². The largest absolute Gasteiger partial charge is 0.497 e. The zero-order chi connectivity index (χ0) is 13.7. The van der Waals surface area contributed by atoms with Gasteiger partial charge in [0.2, 0.25) is 0 Å². The van der Waals surface area contributed by atoms with Crippen LogP contribution in [0.4, 0.5) is 0 Å². The quantitative estimate of drug-likeness (QED) is 0.765. The minimum Gasteiger partial charge on any atom is -0.497 e. The molecule has 0 bridgehead atoms. The Morgan fingerprint density at radius 2 is 1.94 bits per heavy atom. The van der Waals surface area contributed by atoms with E-state index in [9.17, 15) is 15.0 Å². The summed E-state index contributed by atoms with van der Waals surface area (Å²) < 4.78 is 9.52. The fraction of sp³-hybridized carbons (Fsp3) is 0.462. The molecule has 0 heterocycles. The monoisotopic (exact) mass is 254 g/mol. The van der Waals surface area contributed by atoms with Crippen molar-refractivity contribution >= 4 is 5.97 Å². The van der Waals surface area contributed by atoms with E-state index < -0.39 is 18.2 Å². The van der Waals surface area contributed by atoms with Crippen molar-refractivity contribution in [1.82, 2.24) is 0 Å². The van der Waals surface area contributed by atoms with E-state index in [0.29, 0.717) is 11.3 Å². The topological polar surface area (TPSA) is 76.0 Å². The van der Waals surface area contributed by atoms with Crippen LogP contribution in [0.3, 0.4) is 0 Å². The highest BCUT2D eigenvalue weighted by Crippen LogP contribution is 2.25. The SMILES string of the molecule is COC(=O)CC(O)C(O)c1cc(C)cc(OC)c1. The molecule has 100 valence electrons. The molecule has 0 aromatic heterocycles. The number of carbonyl (C=O) groups is 1. The Labute approximate surface area is 106 Å². The minimum absolute atomic E-state index is 0.256. The van der Waals surface area contributed by atoms with E-state index in [1.165, 1.54) is 14.2 Å². The van der Waals surface area contributed by atoms with E-state index in [0.717, 1.165) is 5.56 Å². The predicted molar refractivity (Wildman–Crippen MR) is 65.3 cm³/mol. The standard InChI is InChI=1S/C13H18O5/c1-8-4-9(6-10(5-8)17-2)13(16)11(14)7-12(15)18-3/h4-6,11,13-14,16H,7H2,1-3H3. The van der Waals surface area contributed by atoms with Crippen molar-refractivity contribution in [3.8, 4) is 5.75 Å². The highest BCUT2D eigenvalue weighted by molar-refractivity contribution is 5.69. The van der Waals surface area contributed by atoms with Gasteiger partial charge in [0, 0.05) is 0 Å². The van der Waals surface area contributed by atoms with Gasteiger partial charge in [-0.3, -0.25) is 4.79 Å². The van der Waals surface area contributed by atoms with E-state index in [4.69, 9.17) is 4.74 Å². The fourth-order valence-corrected chi connectivity index (χ4v) is 1.65. The summed E-state index contributed by atoms with van der Waals surface area (Å²) in [6, 6.07) is 5.16. The highest BCUT2D eigenvalue weighted by Gasteiger charge is 2.22. The molecule has 0 saturated carbocycles. The number of esters is 1. The molecule has 1 aromatic rings. The number of ether oxygens (including phenoxy) is 2. The molecule has 2 N–H and O–H groups in total. The summed E-state index contributed by atoms with van der Waals surface area (Å²) in [4.78, 5) is 11.0. The summed E-state index contributed by atoms with van der Waals surface area (Å²) in [5.41, 5.74) is 1.40. The molecule has 5 nitrogen and oxygen atoms in total. The van der Waals surface area contributed by atoms with Crippen LogP contribution in [0.15, 0.2) is 18.2 Å². The number of aliphatic hydroxyl groups is 2. The fourth-order valence-electron chi connectivity index (χ4n) is 1.65. The molecular formula is C13H18O5. The van der Waals surface area contributed by atoms with Crippen LogP contribution in [0, 0.1) is 6.92 Å². The molecule has 0 aliphatic carbocycles. The molecule has 2 atom stereocenters. The molecule has 0 saturated heterocycles. The number of hydrogen-bond acceptors (Lipinski definition) is 5. The molecule has 1 rings (SSSR count). The first-order chi connectivity index (χ1) is 8.47. The van der Waals surface area contributed by atoms with E-state index in [1.54, 1.807) is 12.1 Å². The molecule has 18 heavy (non-hydrogen) atoms. The summed E-state index contributed by atoms with van der Waals surface area (Å²) in [6.07, 6.45) is -2.62. The van der Waals surface area contributed by atoms with Gasteiger partial charge in [-0.1, -0.05) is 6.07 Å². The number of benzene rings is 1. The summed E-state index contributed by atoms with van der Waals surface area (Å²) in [7, 11) is 2.76. The minimum atomic E-state index is -1.20. The van der Waals surface area contributed by atoms with Gasteiger partial charge in [-0.15, -0.1) is 0 Å². The molecule has 0 aliphatic rings. The average molecular weight is 254 g/mol. The van der Waals surface area contributed by atoms with Gasteiger partial charge >= 0.3 is 5.97 Å². The summed E-state index contributed by atoms with van der Waals surface area (Å²) >= 11 is 0. The van der Waals surface area contributed by atoms with Gasteiger partial charge in [0.25, 0.3) is 0 Å². The first-order valence-corrected chi connectivity index (χ1v) is 5.56. The third-order valence-electron chi connectivity index (χ3n) is 2.62. The maximum Gasteiger partial charge on any atom is 0.308 e. The van der Waals surface area contributed by atoms with Crippen LogP contribution in [0.25, 0.3) is 0 Å². The molecule has 0 spiro atoms. The van der Waals surface area contributed by atoms with Crippen molar-refractivity contribution in [2.24, 2.45) is 0 Å². The van der Waals surface area contributed by atoms with Crippen LogP contribution in [0.2, 0.25) is 0 Å². The lowest BCUT2D eigenvalue weighted by Crippen LogP contribution is -2.22. The first kappa shape index (κ1) is 14.5. The Bertz CT molecular complexity index is 416. The van der Waals surface area contributed by atoms with Gasteiger partial charge in [-0.2, -0.15) is 0 Å². The number of aliphatic hydroxyl groups excluding tert-OH is 2. The lowest BCUT2D eigenvalue weighted by atomic mass is 10.00. The molecule has 0 aliphatic heterocycles. The van der Waals surface area contributed by atoms with Gasteiger partial charge in [0.1, 0.15) is 11.9 Å². The second kappa shape index (κ2) is 6.37. The van der Waals surface area contributed by atoms with E-state index in [1.807, 2.05) is 13.0 Å². The maximum atomic E-state index is 11.0. The van der Waals surface area contributed by atoms with Crippen molar-refractivity contribution in [2.75, 3.05) is 14.2 Å². The Hall–Kier alpha value is -1.59. The Morgan fingerprint density at radius 3 is 2.50 bits per heavy atom. The van der Waals surface area contributed by atoms with E-state index >= 15 is 0 Å². The summed E-state index contributed by atoms with van der Waals surface area (Å²) in [5, 5.41) is 19.7. The van der Waals surface area contributed by atoms with Crippen LogP contribution in [-0.2, 0) is 9.53 Å². The zero-order valence-electron chi connectivity index (χ0n) is 10.7. The van der Waals surface area contributed by atoms with Crippen LogP contribution in [0.5, 0.6) is 5.75 Å². The Balaban J connectivity index is 2.85. The Kier molecular flexibility index (Phi) is 5.12. The smallest absolute Gasteiger partial charge is 0.308 e. The third-order valence-corrected chi connectivity index (χ3v) is 2.62. The van der Waals surface area contributed by atoms with Crippen molar-refractivity contribution in [3.63, 3.8) is 0 Å². The van der Waals surface area contributed by atoms with Crippen LogP contribution in [0.1, 0.15) is 23.7 Å². The predicted octanol–water partition coefficient (Wildman–Crippen LogP) is 0.961. The van der Waals surface area contributed by atoms with E-state index in [-0.39, 0.29) is 6.42 Å². The van der Waals surface area contributed by atoms with Gasteiger partial charge in [0.05, 0.1) is 26.7 Å². The van der Waals surface area contributed by atoms with E-state index in [2.05, 4.69) is 4.74 Å². The first-order valence-electron chi connectivity index (χ1n) is 5.56.